The largest absolute Gasteiger partial charge is 0.496 e. The third kappa shape index (κ3) is 6.10. The van der Waals surface area contributed by atoms with Gasteiger partial charge < -0.3 is 9.47 Å². The van der Waals surface area contributed by atoms with Crippen LogP contribution in [0.3, 0.4) is 0 Å². The summed E-state index contributed by atoms with van der Waals surface area (Å²) in [6.45, 7) is 6.31. The van der Waals surface area contributed by atoms with E-state index in [0.29, 0.717) is 37.5 Å². The molecule has 0 aliphatic rings. The van der Waals surface area contributed by atoms with E-state index < -0.39 is 0 Å². The minimum absolute atomic E-state index is 0.174. The molecule has 4 aromatic carbocycles. The van der Waals surface area contributed by atoms with Crippen LogP contribution in [-0.4, -0.2) is 23.0 Å². The van der Waals surface area contributed by atoms with Gasteiger partial charge in [-0.05, 0) is 94.0 Å². The van der Waals surface area contributed by atoms with E-state index in [0.717, 1.165) is 28.0 Å². The number of hydrogen-bond donors (Lipinski definition) is 0. The predicted molar refractivity (Wildman–Crippen MR) is 170 cm³/mol. The summed E-state index contributed by atoms with van der Waals surface area (Å²) in [6.07, 6.45) is 1.53. The van der Waals surface area contributed by atoms with Crippen LogP contribution in [0.15, 0.2) is 87.2 Å². The van der Waals surface area contributed by atoms with Crippen LogP contribution in [0.25, 0.3) is 22.3 Å². The lowest BCUT2D eigenvalue weighted by Gasteiger charge is -2.17. The van der Waals surface area contributed by atoms with Gasteiger partial charge in [-0.2, -0.15) is 9.78 Å². The zero-order valence-corrected chi connectivity index (χ0v) is 25.8. The second-order valence-corrected chi connectivity index (χ2v) is 11.4. The van der Waals surface area contributed by atoms with E-state index in [-0.39, 0.29) is 23.9 Å². The number of ether oxygens (including phenoxy) is 2. The van der Waals surface area contributed by atoms with Gasteiger partial charge in [-0.25, -0.2) is 9.37 Å². The highest BCUT2D eigenvalue weighted by molar-refractivity contribution is 9.10. The maximum Gasteiger partial charge on any atom is 0.282 e. The summed E-state index contributed by atoms with van der Waals surface area (Å²) < 4.78 is 27.0. The Morgan fingerprint density at radius 3 is 2.55 bits per heavy atom. The van der Waals surface area contributed by atoms with Crippen LogP contribution in [0, 0.1) is 12.7 Å². The number of nitrogens with zero attached hydrogens (tertiary/aromatic N) is 3. The van der Waals surface area contributed by atoms with Crippen molar-refractivity contribution >= 4 is 44.6 Å². The minimum Gasteiger partial charge on any atom is -0.496 e. The number of fused-ring (bicyclic) bond motifs is 1. The van der Waals surface area contributed by atoms with E-state index in [2.05, 4.69) is 34.9 Å². The Labute approximate surface area is 256 Å². The first-order valence-electron chi connectivity index (χ1n) is 13.3. The fourth-order valence-electron chi connectivity index (χ4n) is 4.66. The molecule has 5 rings (SSSR count). The number of methoxy groups -OCH3 is 1. The van der Waals surface area contributed by atoms with Gasteiger partial charge in [0.2, 0.25) is 0 Å². The predicted octanol–water partition coefficient (Wildman–Crippen LogP) is 8.52. The smallest absolute Gasteiger partial charge is 0.282 e. The first-order chi connectivity index (χ1) is 20.2. The summed E-state index contributed by atoms with van der Waals surface area (Å²) in [5.74, 6) is 1.49. The molecule has 1 aromatic heterocycles. The molecule has 214 valence electrons. The second kappa shape index (κ2) is 12.5. The second-order valence-electron chi connectivity index (χ2n) is 10.1. The molecule has 0 atom stereocenters. The van der Waals surface area contributed by atoms with Crippen molar-refractivity contribution in [1.29, 1.82) is 0 Å². The van der Waals surface area contributed by atoms with Crippen molar-refractivity contribution in [1.82, 2.24) is 9.66 Å². The van der Waals surface area contributed by atoms with E-state index >= 15 is 0 Å². The van der Waals surface area contributed by atoms with Crippen LogP contribution in [0.2, 0.25) is 5.02 Å². The summed E-state index contributed by atoms with van der Waals surface area (Å²) in [5.41, 5.74) is 4.22. The number of hydrogen-bond acceptors (Lipinski definition) is 5. The minimum atomic E-state index is -0.322. The van der Waals surface area contributed by atoms with Crippen LogP contribution >= 0.6 is 27.5 Å². The summed E-state index contributed by atoms with van der Waals surface area (Å²) in [6, 6.07) is 20.6. The molecule has 0 spiro atoms. The van der Waals surface area contributed by atoms with Gasteiger partial charge in [-0.3, -0.25) is 4.79 Å². The number of rotatable bonds is 8. The standard InChI is InChI=1S/C33H28BrClFN3O3/c1-19(2)26-16-27(20(3)13-30(26)41-4)32-38-29-8-6-5-7-25(29)33(40)39(32)37-17-22-14-23(35)15-28(34)31(22)42-18-21-9-11-24(36)12-10-21/h5-17,19H,18H2,1-4H3. The highest BCUT2D eigenvalue weighted by Gasteiger charge is 2.19. The lowest BCUT2D eigenvalue weighted by molar-refractivity contribution is 0.303. The Bertz CT molecular complexity index is 1870. The molecule has 0 unspecified atom stereocenters. The Kier molecular flexibility index (Phi) is 8.75. The van der Waals surface area contributed by atoms with Crippen molar-refractivity contribution in [2.24, 2.45) is 5.10 Å². The molecular formula is C33H28BrClFN3O3. The molecule has 1 heterocycles. The number of aromatic nitrogens is 2. The van der Waals surface area contributed by atoms with Crippen LogP contribution in [0.5, 0.6) is 11.5 Å². The molecule has 6 nitrogen and oxygen atoms in total. The lowest BCUT2D eigenvalue weighted by Crippen LogP contribution is -2.21. The first kappa shape index (κ1) is 29.5. The van der Waals surface area contributed by atoms with Gasteiger partial charge in [0, 0.05) is 16.1 Å². The normalized spacial score (nSPS) is 11.5. The Balaban J connectivity index is 1.65. The van der Waals surface area contributed by atoms with Crippen LogP contribution in [0.1, 0.15) is 42.0 Å². The van der Waals surface area contributed by atoms with Crippen molar-refractivity contribution in [3.8, 4) is 22.9 Å². The molecule has 0 N–H and O–H groups in total. The fraction of sp³-hybridized carbons (Fsp3) is 0.182. The van der Waals surface area contributed by atoms with Gasteiger partial charge in [-0.15, -0.1) is 0 Å². The van der Waals surface area contributed by atoms with Gasteiger partial charge >= 0.3 is 0 Å². The molecule has 0 radical (unpaired) electrons. The zero-order valence-electron chi connectivity index (χ0n) is 23.5. The van der Waals surface area contributed by atoms with Gasteiger partial charge in [-0.1, -0.05) is 49.7 Å². The topological polar surface area (TPSA) is 65.7 Å². The third-order valence-corrected chi connectivity index (χ3v) is 7.65. The SMILES string of the molecule is COc1cc(C)c(-c2nc3ccccc3c(=O)n2N=Cc2cc(Cl)cc(Br)c2OCc2ccc(F)cc2)cc1C(C)C. The van der Waals surface area contributed by atoms with Gasteiger partial charge in [0.1, 0.15) is 23.9 Å². The fourth-order valence-corrected chi connectivity index (χ4v) is 5.61. The maximum atomic E-state index is 13.8. The number of aryl methyl sites for hydroxylation is 1. The zero-order chi connectivity index (χ0) is 30.0. The van der Waals surface area contributed by atoms with E-state index in [1.54, 1.807) is 43.5 Å². The molecule has 0 aliphatic carbocycles. The monoisotopic (exact) mass is 647 g/mol. The summed E-state index contributed by atoms with van der Waals surface area (Å²) in [4.78, 5) is 18.7. The molecule has 0 saturated heterocycles. The summed E-state index contributed by atoms with van der Waals surface area (Å²) in [5, 5.41) is 5.54. The molecule has 0 bridgehead atoms. The van der Waals surface area contributed by atoms with Crippen LogP contribution in [-0.2, 0) is 6.61 Å². The highest BCUT2D eigenvalue weighted by Crippen LogP contribution is 2.35. The number of halogens is 3. The third-order valence-electron chi connectivity index (χ3n) is 6.84. The molecule has 0 amide bonds. The van der Waals surface area contributed by atoms with Crippen molar-refractivity contribution < 1.29 is 13.9 Å². The van der Waals surface area contributed by atoms with Gasteiger partial charge in [0.05, 0.1) is 28.7 Å². The van der Waals surface area contributed by atoms with Crippen molar-refractivity contribution in [3.05, 3.63) is 121 Å². The average molecular weight is 649 g/mol. The highest BCUT2D eigenvalue weighted by atomic mass is 79.9. The van der Waals surface area contributed by atoms with E-state index in [1.165, 1.54) is 23.0 Å². The van der Waals surface area contributed by atoms with Crippen molar-refractivity contribution in [2.75, 3.05) is 7.11 Å². The Morgan fingerprint density at radius 1 is 1.10 bits per heavy atom. The molecule has 0 saturated carbocycles. The van der Waals surface area contributed by atoms with E-state index in [4.69, 9.17) is 26.1 Å². The lowest BCUT2D eigenvalue weighted by atomic mass is 9.96. The quantitative estimate of drug-likeness (QED) is 0.158. The summed E-state index contributed by atoms with van der Waals surface area (Å²) in [7, 11) is 1.65. The van der Waals surface area contributed by atoms with Gasteiger partial charge in [0.25, 0.3) is 5.56 Å². The van der Waals surface area contributed by atoms with Gasteiger partial charge in [0.15, 0.2) is 5.82 Å². The van der Waals surface area contributed by atoms with E-state index in [1.807, 2.05) is 31.2 Å². The van der Waals surface area contributed by atoms with Crippen molar-refractivity contribution in [3.63, 3.8) is 0 Å². The molecule has 42 heavy (non-hydrogen) atoms. The number of para-hydroxylation sites is 1. The molecule has 0 aliphatic heterocycles. The molecular weight excluding hydrogens is 621 g/mol. The first-order valence-corrected chi connectivity index (χ1v) is 14.4. The summed E-state index contributed by atoms with van der Waals surface area (Å²) >= 11 is 9.92. The Hall–Kier alpha value is -4.01. The van der Waals surface area contributed by atoms with Crippen LogP contribution < -0.4 is 15.0 Å². The van der Waals surface area contributed by atoms with E-state index in [9.17, 15) is 9.18 Å². The molecule has 0 fully saturated rings. The van der Waals surface area contributed by atoms with Crippen molar-refractivity contribution in [2.45, 2.75) is 33.3 Å². The average Bonchev–Trinajstić information content (AvgIpc) is 2.96. The molecule has 9 heteroatoms. The Morgan fingerprint density at radius 2 is 1.83 bits per heavy atom. The van der Waals surface area contributed by atoms with Crippen LogP contribution in [0.4, 0.5) is 4.39 Å². The number of benzene rings is 4. The maximum absolute atomic E-state index is 13.8. The molecule has 5 aromatic rings.